The quantitative estimate of drug-likeness (QED) is 0.666. The van der Waals surface area contributed by atoms with Crippen LogP contribution in [-0.2, 0) is 4.79 Å². The van der Waals surface area contributed by atoms with Crippen molar-refractivity contribution in [2.75, 3.05) is 19.6 Å². The number of aliphatic carboxylic acids is 1. The fourth-order valence-corrected chi connectivity index (χ4v) is 2.70. The molecule has 1 fully saturated rings. The van der Waals surface area contributed by atoms with E-state index in [2.05, 4.69) is 19.2 Å². The average molecular weight is 299 g/mol. The van der Waals surface area contributed by atoms with Crippen molar-refractivity contribution in [3.05, 3.63) is 0 Å². The number of hydrogen-bond acceptors (Lipinski definition) is 3. The minimum Gasteiger partial charge on any atom is -0.481 e. The Labute approximate surface area is 127 Å². The summed E-state index contributed by atoms with van der Waals surface area (Å²) in [6.45, 7) is 6.24. The maximum Gasteiger partial charge on any atom is 0.317 e. The van der Waals surface area contributed by atoms with Gasteiger partial charge in [-0.05, 0) is 37.5 Å². The molecule has 0 aromatic carbocycles. The summed E-state index contributed by atoms with van der Waals surface area (Å²) < 4.78 is 0. The number of nitrogens with two attached hydrogens (primary N) is 1. The molecule has 0 aromatic heterocycles. The van der Waals surface area contributed by atoms with Crippen LogP contribution in [0.25, 0.3) is 0 Å². The van der Waals surface area contributed by atoms with Gasteiger partial charge in [-0.15, -0.1) is 0 Å². The smallest absolute Gasteiger partial charge is 0.317 e. The highest BCUT2D eigenvalue weighted by molar-refractivity contribution is 5.74. The zero-order chi connectivity index (χ0) is 15.8. The van der Waals surface area contributed by atoms with E-state index in [4.69, 9.17) is 10.8 Å². The van der Waals surface area contributed by atoms with Crippen LogP contribution in [0.1, 0.15) is 46.0 Å². The second-order valence-electron chi connectivity index (χ2n) is 6.28. The molecule has 1 aliphatic heterocycles. The lowest BCUT2D eigenvalue weighted by Gasteiger charge is -2.30. The van der Waals surface area contributed by atoms with Crippen molar-refractivity contribution in [1.82, 2.24) is 10.2 Å². The van der Waals surface area contributed by atoms with E-state index in [9.17, 15) is 9.59 Å². The molecule has 122 valence electrons. The maximum atomic E-state index is 12.0. The lowest BCUT2D eigenvalue weighted by Crippen LogP contribution is -2.47. The number of hydrogen-bond donors (Lipinski definition) is 3. The van der Waals surface area contributed by atoms with E-state index >= 15 is 0 Å². The minimum atomic E-state index is -0.755. The van der Waals surface area contributed by atoms with Gasteiger partial charge in [-0.2, -0.15) is 0 Å². The predicted octanol–water partition coefficient (Wildman–Crippen LogP) is 1.65. The van der Waals surface area contributed by atoms with Gasteiger partial charge >= 0.3 is 12.0 Å². The lowest BCUT2D eigenvalue weighted by atomic mass is 9.88. The van der Waals surface area contributed by atoms with Gasteiger partial charge in [-0.25, -0.2) is 4.79 Å². The van der Waals surface area contributed by atoms with Gasteiger partial charge in [-0.1, -0.05) is 13.8 Å². The summed E-state index contributed by atoms with van der Waals surface area (Å²) >= 11 is 0. The predicted molar refractivity (Wildman–Crippen MR) is 82.0 cm³/mol. The van der Waals surface area contributed by atoms with E-state index in [1.807, 2.05) is 4.90 Å². The van der Waals surface area contributed by atoms with Gasteiger partial charge in [0.05, 0.1) is 0 Å². The molecular formula is C15H29N3O3. The summed E-state index contributed by atoms with van der Waals surface area (Å²) in [5, 5.41) is 11.7. The molecule has 21 heavy (non-hydrogen) atoms. The summed E-state index contributed by atoms with van der Waals surface area (Å²) in [7, 11) is 0. The number of carbonyl (C=O) groups excluding carboxylic acids is 1. The molecular weight excluding hydrogens is 270 g/mol. The molecule has 0 radical (unpaired) electrons. The third-order valence-corrected chi connectivity index (χ3v) is 4.29. The number of carboxylic acid groups (broad SMARTS) is 1. The fraction of sp³-hybridized carbons (Fsp3) is 0.867. The van der Waals surface area contributed by atoms with E-state index in [0.717, 1.165) is 32.4 Å². The van der Waals surface area contributed by atoms with E-state index in [1.165, 1.54) is 0 Å². The van der Waals surface area contributed by atoms with Crippen LogP contribution in [0, 0.1) is 11.8 Å². The highest BCUT2D eigenvalue weighted by Crippen LogP contribution is 2.20. The molecule has 1 atom stereocenters. The van der Waals surface area contributed by atoms with Gasteiger partial charge in [0, 0.05) is 32.1 Å². The first-order valence-electron chi connectivity index (χ1n) is 7.90. The summed E-state index contributed by atoms with van der Waals surface area (Å²) in [6.07, 6.45) is 3.41. The lowest BCUT2D eigenvalue weighted by molar-refractivity contribution is -0.137. The first-order valence-corrected chi connectivity index (χ1v) is 7.90. The SMILES string of the molecule is CC(C)C(CCNC(=O)N1CCC(N)CC1)CCC(=O)O. The summed E-state index contributed by atoms with van der Waals surface area (Å²) in [5.41, 5.74) is 5.82. The maximum absolute atomic E-state index is 12.0. The largest absolute Gasteiger partial charge is 0.481 e. The number of nitrogens with zero attached hydrogens (tertiary/aromatic N) is 1. The number of amides is 2. The molecule has 2 amide bonds. The molecule has 0 bridgehead atoms. The molecule has 0 aliphatic carbocycles. The van der Waals surface area contributed by atoms with E-state index in [-0.39, 0.29) is 18.5 Å². The molecule has 0 aromatic rings. The normalized spacial score (nSPS) is 17.8. The average Bonchev–Trinajstić information content (AvgIpc) is 2.42. The van der Waals surface area contributed by atoms with Crippen LogP contribution in [-0.4, -0.2) is 47.7 Å². The monoisotopic (exact) mass is 299 g/mol. The fourth-order valence-electron chi connectivity index (χ4n) is 2.70. The molecule has 1 unspecified atom stereocenters. The third kappa shape index (κ3) is 6.80. The zero-order valence-corrected chi connectivity index (χ0v) is 13.2. The van der Waals surface area contributed by atoms with Gasteiger partial charge in [0.25, 0.3) is 0 Å². The van der Waals surface area contributed by atoms with Crippen molar-refractivity contribution in [3.63, 3.8) is 0 Å². The summed E-state index contributed by atoms with van der Waals surface area (Å²) in [5.74, 6) is -0.000226. The molecule has 0 spiro atoms. The first kappa shape index (κ1) is 17.8. The molecule has 1 heterocycles. The zero-order valence-electron chi connectivity index (χ0n) is 13.2. The Morgan fingerprint density at radius 2 is 1.90 bits per heavy atom. The second-order valence-corrected chi connectivity index (χ2v) is 6.28. The topological polar surface area (TPSA) is 95.7 Å². The summed E-state index contributed by atoms with van der Waals surface area (Å²) in [6, 6.07) is 0.193. The Kier molecular flexibility index (Phi) is 7.50. The molecule has 6 nitrogen and oxygen atoms in total. The molecule has 1 rings (SSSR count). The van der Waals surface area contributed by atoms with E-state index in [1.54, 1.807) is 0 Å². The number of nitrogens with one attached hydrogen (secondary N) is 1. The molecule has 1 aliphatic rings. The van der Waals surface area contributed by atoms with Crippen LogP contribution in [0.3, 0.4) is 0 Å². The van der Waals surface area contributed by atoms with Crippen molar-refractivity contribution in [1.29, 1.82) is 0 Å². The van der Waals surface area contributed by atoms with E-state index in [0.29, 0.717) is 24.8 Å². The number of likely N-dealkylation sites (tertiary alicyclic amines) is 1. The van der Waals surface area contributed by atoms with Crippen molar-refractivity contribution in [3.8, 4) is 0 Å². The highest BCUT2D eigenvalue weighted by atomic mass is 16.4. The Morgan fingerprint density at radius 3 is 2.43 bits per heavy atom. The molecule has 4 N–H and O–H groups in total. The van der Waals surface area contributed by atoms with Gasteiger partial charge < -0.3 is 21.1 Å². The first-order chi connectivity index (χ1) is 9.90. The number of carboxylic acids is 1. The number of rotatable bonds is 7. The standard InChI is InChI=1S/C15H29N3O3/c1-11(2)12(3-4-14(19)20)5-8-17-15(21)18-9-6-13(16)7-10-18/h11-13H,3-10,16H2,1-2H3,(H,17,21)(H,19,20). The number of piperidine rings is 1. The Hall–Kier alpha value is -1.30. The van der Waals surface area contributed by atoms with Crippen molar-refractivity contribution < 1.29 is 14.7 Å². The molecule has 1 saturated heterocycles. The molecule has 0 saturated carbocycles. The Bertz CT molecular complexity index is 339. The van der Waals surface area contributed by atoms with Crippen LogP contribution in [0.5, 0.6) is 0 Å². The van der Waals surface area contributed by atoms with Crippen LogP contribution in [0.2, 0.25) is 0 Å². The van der Waals surface area contributed by atoms with Crippen LogP contribution in [0.15, 0.2) is 0 Å². The highest BCUT2D eigenvalue weighted by Gasteiger charge is 2.21. The van der Waals surface area contributed by atoms with Gasteiger partial charge in [0.15, 0.2) is 0 Å². The second kappa shape index (κ2) is 8.87. The van der Waals surface area contributed by atoms with Gasteiger partial charge in [0.2, 0.25) is 0 Å². The van der Waals surface area contributed by atoms with Crippen molar-refractivity contribution >= 4 is 12.0 Å². The van der Waals surface area contributed by atoms with Crippen LogP contribution in [0.4, 0.5) is 4.79 Å². The van der Waals surface area contributed by atoms with E-state index < -0.39 is 5.97 Å². The third-order valence-electron chi connectivity index (χ3n) is 4.29. The number of urea groups is 1. The van der Waals surface area contributed by atoms with Crippen molar-refractivity contribution in [2.24, 2.45) is 17.6 Å². The Balaban J connectivity index is 2.26. The van der Waals surface area contributed by atoms with Gasteiger partial charge in [-0.3, -0.25) is 4.79 Å². The van der Waals surface area contributed by atoms with Crippen LogP contribution < -0.4 is 11.1 Å². The Morgan fingerprint density at radius 1 is 1.29 bits per heavy atom. The summed E-state index contributed by atoms with van der Waals surface area (Å²) in [4.78, 5) is 24.5. The number of carbonyl (C=O) groups is 2. The molecule has 6 heteroatoms. The van der Waals surface area contributed by atoms with Crippen molar-refractivity contribution in [2.45, 2.75) is 52.0 Å². The van der Waals surface area contributed by atoms with Crippen LogP contribution >= 0.6 is 0 Å². The van der Waals surface area contributed by atoms with Gasteiger partial charge in [0.1, 0.15) is 0 Å². The minimum absolute atomic E-state index is 0.0253.